The molecular formula is C33H42N2O6. The van der Waals surface area contributed by atoms with Crippen LogP contribution in [0.15, 0.2) is 54.2 Å². The fraction of sp³-hybridized carbons (Fsp3) is 0.545. The van der Waals surface area contributed by atoms with Gasteiger partial charge in [-0.15, -0.1) is 0 Å². The number of hydrogen-bond acceptors (Lipinski definition) is 6. The number of benzene rings is 2. The molecule has 2 aromatic carbocycles. The SMILES string of the molecule is COCCCNC(=O)C[C@H]1C[C@@]2(C(=O)OC)C(=C[C@H](C3CCCC3)O[C@@H]2C)N(Cc2cccc3ccccc23)C1=O. The number of likely N-dealkylation sites (tertiary alicyclic amines) is 1. The number of methoxy groups -OCH3 is 2. The van der Waals surface area contributed by atoms with Gasteiger partial charge in [0.05, 0.1) is 25.9 Å². The quantitative estimate of drug-likeness (QED) is 0.332. The number of nitrogens with zero attached hydrogens (tertiary/aromatic N) is 1. The Morgan fingerprint density at radius 1 is 1.10 bits per heavy atom. The second-order valence-corrected chi connectivity index (χ2v) is 11.7. The van der Waals surface area contributed by atoms with Crippen LogP contribution in [0, 0.1) is 17.3 Å². The minimum atomic E-state index is -1.19. The number of amides is 2. The van der Waals surface area contributed by atoms with Gasteiger partial charge in [0.1, 0.15) is 5.41 Å². The molecule has 2 fully saturated rings. The van der Waals surface area contributed by atoms with Gasteiger partial charge in [-0.25, -0.2) is 0 Å². The normalized spacial score (nSPS) is 26.5. The van der Waals surface area contributed by atoms with Crippen LogP contribution in [0.4, 0.5) is 0 Å². The van der Waals surface area contributed by atoms with Crippen LogP contribution < -0.4 is 5.32 Å². The van der Waals surface area contributed by atoms with E-state index < -0.39 is 23.4 Å². The molecule has 2 heterocycles. The molecule has 0 radical (unpaired) electrons. The summed E-state index contributed by atoms with van der Waals surface area (Å²) in [5.41, 5.74) is 0.454. The van der Waals surface area contributed by atoms with Gasteiger partial charge in [-0.1, -0.05) is 55.3 Å². The molecule has 5 rings (SSSR count). The Morgan fingerprint density at radius 2 is 1.85 bits per heavy atom. The highest BCUT2D eigenvalue weighted by Gasteiger charge is 2.60. The van der Waals surface area contributed by atoms with Gasteiger partial charge >= 0.3 is 5.97 Å². The largest absolute Gasteiger partial charge is 0.468 e. The first-order valence-electron chi connectivity index (χ1n) is 14.9. The number of carbonyl (C=O) groups is 3. The number of rotatable bonds is 10. The van der Waals surface area contributed by atoms with E-state index >= 15 is 0 Å². The van der Waals surface area contributed by atoms with Crippen molar-refractivity contribution in [2.75, 3.05) is 27.4 Å². The molecular weight excluding hydrogens is 520 g/mol. The summed E-state index contributed by atoms with van der Waals surface area (Å²) in [5.74, 6) is -1.13. The molecule has 1 aliphatic carbocycles. The van der Waals surface area contributed by atoms with Crippen molar-refractivity contribution in [2.45, 2.75) is 70.6 Å². The summed E-state index contributed by atoms with van der Waals surface area (Å²) < 4.78 is 17.1. The van der Waals surface area contributed by atoms with E-state index in [0.29, 0.717) is 37.7 Å². The highest BCUT2D eigenvalue weighted by atomic mass is 16.5. The van der Waals surface area contributed by atoms with Crippen molar-refractivity contribution >= 4 is 28.6 Å². The Hall–Kier alpha value is -3.23. The lowest BCUT2D eigenvalue weighted by Crippen LogP contribution is -2.60. The minimum absolute atomic E-state index is 0.0113. The van der Waals surface area contributed by atoms with Crippen molar-refractivity contribution < 1.29 is 28.6 Å². The predicted molar refractivity (Wildman–Crippen MR) is 156 cm³/mol. The van der Waals surface area contributed by atoms with Crippen LogP contribution in [-0.4, -0.2) is 62.3 Å². The van der Waals surface area contributed by atoms with Crippen molar-refractivity contribution in [1.82, 2.24) is 10.2 Å². The molecule has 0 bridgehead atoms. The lowest BCUT2D eigenvalue weighted by Gasteiger charge is -2.52. The lowest BCUT2D eigenvalue weighted by atomic mass is 9.66. The summed E-state index contributed by atoms with van der Waals surface area (Å²) in [6.07, 6.45) is 6.61. The maximum Gasteiger partial charge on any atom is 0.320 e. The maximum atomic E-state index is 14.3. The molecule has 4 atom stereocenters. The fourth-order valence-corrected chi connectivity index (χ4v) is 7.05. The van der Waals surface area contributed by atoms with Crippen molar-refractivity contribution in [3.8, 4) is 0 Å². The van der Waals surface area contributed by atoms with Crippen LogP contribution in [0.3, 0.4) is 0 Å². The van der Waals surface area contributed by atoms with Crippen molar-refractivity contribution in [1.29, 1.82) is 0 Å². The average Bonchev–Trinajstić information content (AvgIpc) is 3.53. The van der Waals surface area contributed by atoms with E-state index in [0.717, 1.165) is 42.0 Å². The third-order valence-electron chi connectivity index (χ3n) is 9.21. The van der Waals surface area contributed by atoms with Crippen LogP contribution in [0.2, 0.25) is 0 Å². The third kappa shape index (κ3) is 5.77. The van der Waals surface area contributed by atoms with Gasteiger partial charge in [-0.3, -0.25) is 14.4 Å². The van der Waals surface area contributed by atoms with E-state index in [1.165, 1.54) is 7.11 Å². The molecule has 0 spiro atoms. The summed E-state index contributed by atoms with van der Waals surface area (Å²) >= 11 is 0. The van der Waals surface area contributed by atoms with Crippen molar-refractivity contribution in [2.24, 2.45) is 17.3 Å². The molecule has 1 saturated heterocycles. The van der Waals surface area contributed by atoms with Crippen LogP contribution in [0.1, 0.15) is 57.4 Å². The summed E-state index contributed by atoms with van der Waals surface area (Å²) in [4.78, 5) is 42.8. The van der Waals surface area contributed by atoms with E-state index in [4.69, 9.17) is 14.2 Å². The Labute approximate surface area is 242 Å². The van der Waals surface area contributed by atoms with E-state index in [1.54, 1.807) is 12.0 Å². The highest BCUT2D eigenvalue weighted by molar-refractivity contribution is 5.93. The van der Waals surface area contributed by atoms with Gasteiger partial charge in [0.25, 0.3) is 0 Å². The highest BCUT2D eigenvalue weighted by Crippen LogP contribution is 2.52. The first kappa shape index (κ1) is 29.3. The molecule has 1 N–H and O–H groups in total. The molecule has 1 saturated carbocycles. The molecule has 0 aromatic heterocycles. The molecule has 2 aliphatic heterocycles. The first-order chi connectivity index (χ1) is 19.9. The second-order valence-electron chi connectivity index (χ2n) is 11.7. The zero-order chi connectivity index (χ0) is 29.0. The molecule has 41 heavy (non-hydrogen) atoms. The lowest BCUT2D eigenvalue weighted by molar-refractivity contribution is -0.178. The van der Waals surface area contributed by atoms with Crippen LogP contribution >= 0.6 is 0 Å². The molecule has 2 amide bonds. The third-order valence-corrected chi connectivity index (χ3v) is 9.21. The number of nitrogens with one attached hydrogen (secondary N) is 1. The van der Waals surface area contributed by atoms with Crippen molar-refractivity contribution in [3.63, 3.8) is 0 Å². The predicted octanol–water partition coefficient (Wildman–Crippen LogP) is 4.75. The monoisotopic (exact) mass is 562 g/mol. The maximum absolute atomic E-state index is 14.3. The smallest absolute Gasteiger partial charge is 0.320 e. The number of carbonyl (C=O) groups excluding carboxylic acids is 3. The Kier molecular flexibility index (Phi) is 9.09. The Bertz CT molecular complexity index is 1300. The van der Waals surface area contributed by atoms with Crippen LogP contribution in [-0.2, 0) is 35.1 Å². The van der Waals surface area contributed by atoms with Gasteiger partial charge in [0, 0.05) is 38.3 Å². The summed E-state index contributed by atoms with van der Waals surface area (Å²) in [5, 5.41) is 5.04. The summed E-state index contributed by atoms with van der Waals surface area (Å²) in [7, 11) is 3.00. The number of hydrogen-bond donors (Lipinski definition) is 1. The van der Waals surface area contributed by atoms with Gasteiger partial charge in [-0.05, 0) is 60.9 Å². The van der Waals surface area contributed by atoms with Gasteiger partial charge in [-0.2, -0.15) is 0 Å². The van der Waals surface area contributed by atoms with Crippen LogP contribution in [0.5, 0.6) is 0 Å². The average molecular weight is 563 g/mol. The number of fused-ring (bicyclic) bond motifs is 2. The first-order valence-corrected chi connectivity index (χ1v) is 14.9. The number of piperidine rings is 1. The molecule has 8 heteroatoms. The topological polar surface area (TPSA) is 94.2 Å². The molecule has 8 nitrogen and oxygen atoms in total. The molecule has 3 aliphatic rings. The Morgan fingerprint density at radius 3 is 2.61 bits per heavy atom. The fourth-order valence-electron chi connectivity index (χ4n) is 7.05. The van der Waals surface area contributed by atoms with E-state index in [-0.39, 0.29) is 30.8 Å². The number of esters is 1. The van der Waals surface area contributed by atoms with Gasteiger partial charge in [0.15, 0.2) is 0 Å². The van der Waals surface area contributed by atoms with E-state index in [9.17, 15) is 14.4 Å². The zero-order valence-corrected chi connectivity index (χ0v) is 24.4. The summed E-state index contributed by atoms with van der Waals surface area (Å²) in [6.45, 7) is 3.21. The van der Waals surface area contributed by atoms with Gasteiger partial charge < -0.3 is 24.4 Å². The van der Waals surface area contributed by atoms with Gasteiger partial charge in [0.2, 0.25) is 11.8 Å². The molecule has 2 aromatic rings. The zero-order valence-electron chi connectivity index (χ0n) is 24.4. The Balaban J connectivity index is 1.55. The van der Waals surface area contributed by atoms with Crippen molar-refractivity contribution in [3.05, 3.63) is 59.8 Å². The number of ether oxygens (including phenoxy) is 3. The van der Waals surface area contributed by atoms with E-state index in [1.807, 2.05) is 37.3 Å². The van der Waals surface area contributed by atoms with E-state index in [2.05, 4.69) is 23.5 Å². The van der Waals surface area contributed by atoms with Crippen LogP contribution in [0.25, 0.3) is 10.8 Å². The standard InChI is InChI=1S/C33H42N2O6/c1-22-33(32(38)40-3)20-26(18-30(36)34-16-9-17-39-2)31(37)35(29(33)19-28(41-22)24-11-4-5-12-24)21-25-14-8-13-23-10-6-7-15-27(23)25/h6-8,10,13-15,19,22,24,26,28H,4-5,9,11-12,16-18,20-21H2,1-3H3,(H,34,36)/t22-,26+,28-,33+/m1/s1. The summed E-state index contributed by atoms with van der Waals surface area (Å²) in [6, 6.07) is 14.2. The second kappa shape index (κ2) is 12.7. The molecule has 220 valence electrons. The minimum Gasteiger partial charge on any atom is -0.468 e. The molecule has 0 unspecified atom stereocenters.